The zero-order valence-corrected chi connectivity index (χ0v) is 17.0. The number of hydrogen-bond donors (Lipinski definition) is 2. The number of allylic oxidation sites excluding steroid dienone is 1. The Morgan fingerprint density at radius 2 is 1.96 bits per heavy atom. The molecule has 0 fully saturated rings. The number of thiocarbonyl (C=S) groups is 1. The van der Waals surface area contributed by atoms with Crippen LogP contribution in [0.2, 0.25) is 0 Å². The lowest BCUT2D eigenvalue weighted by Crippen LogP contribution is -2.45. The summed E-state index contributed by atoms with van der Waals surface area (Å²) < 4.78 is 16.3. The SMILES string of the molecule is CCOc1ccc2ccccc2c1C1NC(=S)NC(C)=C1C(=O)OCCOC. The molecule has 6 nitrogen and oxygen atoms in total. The lowest BCUT2D eigenvalue weighted by atomic mass is 9.90. The monoisotopic (exact) mass is 400 g/mol. The molecule has 1 unspecified atom stereocenters. The molecule has 2 aromatic rings. The molecule has 1 atom stereocenters. The zero-order valence-electron chi connectivity index (χ0n) is 16.2. The molecule has 0 aromatic heterocycles. The van der Waals surface area contributed by atoms with Gasteiger partial charge in [0.15, 0.2) is 5.11 Å². The third-order valence-electron chi connectivity index (χ3n) is 4.53. The van der Waals surface area contributed by atoms with Crippen LogP contribution in [-0.2, 0) is 14.3 Å². The van der Waals surface area contributed by atoms with Crippen LogP contribution in [0.3, 0.4) is 0 Å². The van der Waals surface area contributed by atoms with Gasteiger partial charge in [-0.15, -0.1) is 0 Å². The van der Waals surface area contributed by atoms with Crippen LogP contribution in [0.5, 0.6) is 5.75 Å². The van der Waals surface area contributed by atoms with Crippen molar-refractivity contribution in [1.29, 1.82) is 0 Å². The van der Waals surface area contributed by atoms with E-state index in [0.717, 1.165) is 16.3 Å². The molecule has 0 spiro atoms. The van der Waals surface area contributed by atoms with Crippen molar-refractivity contribution < 1.29 is 19.0 Å². The van der Waals surface area contributed by atoms with Crippen LogP contribution >= 0.6 is 12.2 Å². The molecule has 0 bridgehead atoms. The lowest BCUT2D eigenvalue weighted by molar-refractivity contribution is -0.140. The normalized spacial score (nSPS) is 16.5. The van der Waals surface area contributed by atoms with E-state index in [9.17, 15) is 4.79 Å². The molecule has 28 heavy (non-hydrogen) atoms. The van der Waals surface area contributed by atoms with Crippen LogP contribution in [-0.4, -0.2) is 38.0 Å². The molecule has 0 radical (unpaired) electrons. The zero-order chi connectivity index (χ0) is 20.1. The number of rotatable bonds is 7. The lowest BCUT2D eigenvalue weighted by Gasteiger charge is -2.31. The number of nitrogens with one attached hydrogen (secondary N) is 2. The second-order valence-corrected chi connectivity index (χ2v) is 6.74. The van der Waals surface area contributed by atoms with Gasteiger partial charge in [0.25, 0.3) is 0 Å². The first-order valence-corrected chi connectivity index (χ1v) is 9.56. The van der Waals surface area contributed by atoms with E-state index < -0.39 is 12.0 Å². The second-order valence-electron chi connectivity index (χ2n) is 6.33. The molecule has 1 aliphatic heterocycles. The van der Waals surface area contributed by atoms with Gasteiger partial charge in [0.2, 0.25) is 0 Å². The van der Waals surface area contributed by atoms with Crippen LogP contribution in [0, 0.1) is 0 Å². The fourth-order valence-electron chi connectivity index (χ4n) is 3.33. The number of carbonyl (C=O) groups excluding carboxylic acids is 1. The van der Waals surface area contributed by atoms with Crippen LogP contribution < -0.4 is 15.4 Å². The average Bonchev–Trinajstić information content (AvgIpc) is 2.67. The van der Waals surface area contributed by atoms with Gasteiger partial charge in [-0.1, -0.05) is 30.3 Å². The van der Waals surface area contributed by atoms with Gasteiger partial charge in [-0.05, 0) is 42.9 Å². The first-order chi connectivity index (χ1) is 13.6. The topological polar surface area (TPSA) is 68.8 Å². The molecule has 0 saturated heterocycles. The highest BCUT2D eigenvalue weighted by Gasteiger charge is 2.34. The Kier molecular flexibility index (Phi) is 6.49. The molecule has 1 heterocycles. The minimum atomic E-state index is -0.489. The molecule has 7 heteroatoms. The van der Waals surface area contributed by atoms with E-state index in [4.69, 9.17) is 26.4 Å². The summed E-state index contributed by atoms with van der Waals surface area (Å²) in [6.45, 7) is 4.77. The first kappa shape index (κ1) is 20.1. The van der Waals surface area contributed by atoms with Crippen molar-refractivity contribution >= 4 is 34.1 Å². The molecule has 3 rings (SSSR count). The molecular weight excluding hydrogens is 376 g/mol. The van der Waals surface area contributed by atoms with Crippen molar-refractivity contribution in [2.75, 3.05) is 26.9 Å². The van der Waals surface area contributed by atoms with Crippen LogP contribution in [0.15, 0.2) is 47.7 Å². The van der Waals surface area contributed by atoms with Crippen LogP contribution in [0.25, 0.3) is 10.8 Å². The number of methoxy groups -OCH3 is 1. The summed E-state index contributed by atoms with van der Waals surface area (Å²) in [6.07, 6.45) is 0. The molecule has 0 saturated carbocycles. The van der Waals surface area contributed by atoms with Crippen molar-refractivity contribution in [1.82, 2.24) is 10.6 Å². The largest absolute Gasteiger partial charge is 0.493 e. The third kappa shape index (κ3) is 4.10. The minimum Gasteiger partial charge on any atom is -0.493 e. The first-order valence-electron chi connectivity index (χ1n) is 9.15. The van der Waals surface area contributed by atoms with Gasteiger partial charge in [-0.2, -0.15) is 0 Å². The average molecular weight is 401 g/mol. The summed E-state index contributed by atoms with van der Waals surface area (Å²) in [5, 5.41) is 8.75. The van der Waals surface area contributed by atoms with Gasteiger partial charge in [-0.25, -0.2) is 4.79 Å². The van der Waals surface area contributed by atoms with E-state index in [2.05, 4.69) is 10.6 Å². The van der Waals surface area contributed by atoms with E-state index in [-0.39, 0.29) is 6.61 Å². The van der Waals surface area contributed by atoms with Crippen molar-refractivity contribution in [3.05, 3.63) is 53.2 Å². The quantitative estimate of drug-likeness (QED) is 0.420. The predicted molar refractivity (Wildman–Crippen MR) is 112 cm³/mol. The van der Waals surface area contributed by atoms with Gasteiger partial charge in [0.05, 0.1) is 24.8 Å². The maximum absolute atomic E-state index is 12.9. The smallest absolute Gasteiger partial charge is 0.338 e. The van der Waals surface area contributed by atoms with Crippen LogP contribution in [0.1, 0.15) is 25.5 Å². The van der Waals surface area contributed by atoms with Gasteiger partial charge in [-0.3, -0.25) is 0 Å². The number of hydrogen-bond acceptors (Lipinski definition) is 5. The Morgan fingerprint density at radius 3 is 2.71 bits per heavy atom. The van der Waals surface area contributed by atoms with Crippen molar-refractivity contribution in [3.8, 4) is 5.75 Å². The fraction of sp³-hybridized carbons (Fsp3) is 0.333. The van der Waals surface area contributed by atoms with Crippen LogP contribution in [0.4, 0.5) is 0 Å². The summed E-state index contributed by atoms with van der Waals surface area (Å²) >= 11 is 5.37. The number of esters is 1. The van der Waals surface area contributed by atoms with E-state index in [1.165, 1.54) is 0 Å². The Morgan fingerprint density at radius 1 is 1.18 bits per heavy atom. The molecule has 2 N–H and O–H groups in total. The number of ether oxygens (including phenoxy) is 3. The molecule has 0 aliphatic carbocycles. The summed E-state index contributed by atoms with van der Waals surface area (Å²) in [7, 11) is 1.56. The van der Waals surface area contributed by atoms with E-state index >= 15 is 0 Å². The highest BCUT2D eigenvalue weighted by Crippen LogP contribution is 2.38. The maximum atomic E-state index is 12.9. The Bertz CT molecular complexity index is 926. The van der Waals surface area contributed by atoms with Crippen molar-refractivity contribution in [3.63, 3.8) is 0 Å². The second kappa shape index (κ2) is 9.03. The highest BCUT2D eigenvalue weighted by atomic mass is 32.1. The Hall–Kier alpha value is -2.64. The van der Waals surface area contributed by atoms with Gasteiger partial charge < -0.3 is 24.8 Å². The Labute approximate surface area is 169 Å². The van der Waals surface area contributed by atoms with E-state index in [1.54, 1.807) is 7.11 Å². The highest BCUT2D eigenvalue weighted by molar-refractivity contribution is 7.80. The van der Waals surface area contributed by atoms with Gasteiger partial charge >= 0.3 is 5.97 Å². The van der Waals surface area contributed by atoms with E-state index in [0.29, 0.717) is 35.3 Å². The van der Waals surface area contributed by atoms with Gasteiger partial charge in [0.1, 0.15) is 12.4 Å². The third-order valence-corrected chi connectivity index (χ3v) is 4.75. The molecule has 2 aromatic carbocycles. The Balaban J connectivity index is 2.13. The fourth-order valence-corrected chi connectivity index (χ4v) is 3.60. The minimum absolute atomic E-state index is 0.178. The van der Waals surface area contributed by atoms with E-state index in [1.807, 2.05) is 50.2 Å². The summed E-state index contributed by atoms with van der Waals surface area (Å²) in [5.41, 5.74) is 2.00. The molecular formula is C21H24N2O4S. The number of fused-ring (bicyclic) bond motifs is 1. The molecule has 1 aliphatic rings. The number of benzene rings is 2. The number of carbonyl (C=O) groups is 1. The molecule has 0 amide bonds. The molecule has 148 valence electrons. The summed E-state index contributed by atoms with van der Waals surface area (Å²) in [5.74, 6) is 0.288. The summed E-state index contributed by atoms with van der Waals surface area (Å²) in [6, 6.07) is 11.4. The predicted octanol–water partition coefficient (Wildman–Crippen LogP) is 3.22. The van der Waals surface area contributed by atoms with Crippen molar-refractivity contribution in [2.24, 2.45) is 0 Å². The standard InChI is InChI=1S/C21H24N2O4S/c1-4-26-16-10-9-14-7-5-6-8-15(14)18(16)19-17(13(2)22-21(28)23-19)20(24)27-12-11-25-3/h5-10,19H,4,11-12H2,1-3H3,(H2,22,23,28). The maximum Gasteiger partial charge on any atom is 0.338 e. The summed E-state index contributed by atoms with van der Waals surface area (Å²) in [4.78, 5) is 12.9. The van der Waals surface area contributed by atoms with Crippen molar-refractivity contribution in [2.45, 2.75) is 19.9 Å². The van der Waals surface area contributed by atoms with Gasteiger partial charge in [0, 0.05) is 18.4 Å².